The second-order valence-corrected chi connectivity index (χ2v) is 3.57. The van der Waals surface area contributed by atoms with E-state index in [1.807, 2.05) is 0 Å². The van der Waals surface area contributed by atoms with Crippen LogP contribution in [-0.4, -0.2) is 11.7 Å². The third-order valence-corrected chi connectivity index (χ3v) is 2.41. The van der Waals surface area contributed by atoms with E-state index < -0.39 is 6.43 Å². The Bertz CT molecular complexity index is 315. The van der Waals surface area contributed by atoms with Gasteiger partial charge in [-0.1, -0.05) is 30.7 Å². The molecule has 0 heterocycles. The number of hydrogen-bond donors (Lipinski definition) is 1. The molecule has 0 aliphatic heterocycles. The zero-order valence-electron chi connectivity index (χ0n) is 7.67. The van der Waals surface area contributed by atoms with Crippen LogP contribution in [0.2, 0.25) is 5.02 Å². The van der Waals surface area contributed by atoms with E-state index in [0.29, 0.717) is 5.56 Å². The molecular formula is C10H11ClF2O. The Morgan fingerprint density at radius 1 is 1.43 bits per heavy atom. The summed E-state index contributed by atoms with van der Waals surface area (Å²) in [5.74, 6) is -0.130. The minimum atomic E-state index is -2.51. The van der Waals surface area contributed by atoms with E-state index in [-0.39, 0.29) is 23.1 Å². The van der Waals surface area contributed by atoms with Gasteiger partial charge in [-0.15, -0.1) is 0 Å². The molecule has 78 valence electrons. The predicted molar refractivity (Wildman–Crippen MR) is 51.9 cm³/mol. The van der Waals surface area contributed by atoms with Gasteiger partial charge in [0.15, 0.2) is 0 Å². The summed E-state index contributed by atoms with van der Waals surface area (Å²) < 4.78 is 24.5. The van der Waals surface area contributed by atoms with Crippen molar-refractivity contribution in [3.8, 4) is 0 Å². The van der Waals surface area contributed by atoms with Gasteiger partial charge in [0.1, 0.15) is 0 Å². The number of alkyl halides is 2. The Labute approximate surface area is 86.3 Å². The fraction of sp³-hybridized carbons (Fsp3) is 0.400. The molecule has 0 fully saturated rings. The molecule has 1 unspecified atom stereocenters. The third-order valence-electron chi connectivity index (χ3n) is 2.08. The maximum atomic E-state index is 12.3. The van der Waals surface area contributed by atoms with Gasteiger partial charge in [0.2, 0.25) is 0 Å². The minimum absolute atomic E-state index is 0.0479. The standard InChI is InChI=1S/C10H11ClF2O/c1-6(5-14)8-3-2-7(10(12)13)4-9(8)11/h2-4,6,10,14H,5H2,1H3. The molecule has 1 atom stereocenters. The first kappa shape index (κ1) is 11.4. The molecule has 1 nitrogen and oxygen atoms in total. The van der Waals surface area contributed by atoms with Crippen LogP contribution in [0, 0.1) is 0 Å². The van der Waals surface area contributed by atoms with Gasteiger partial charge >= 0.3 is 0 Å². The fourth-order valence-electron chi connectivity index (χ4n) is 1.18. The van der Waals surface area contributed by atoms with Crippen LogP contribution in [0.5, 0.6) is 0 Å². The Hall–Kier alpha value is -0.670. The van der Waals surface area contributed by atoms with Gasteiger partial charge in [-0.2, -0.15) is 0 Å². The highest BCUT2D eigenvalue weighted by atomic mass is 35.5. The lowest BCUT2D eigenvalue weighted by Crippen LogP contribution is -2.00. The number of aliphatic hydroxyl groups is 1. The summed E-state index contributed by atoms with van der Waals surface area (Å²) in [7, 11) is 0. The normalized spacial score (nSPS) is 13.3. The van der Waals surface area contributed by atoms with Crippen molar-refractivity contribution in [3.05, 3.63) is 34.3 Å². The second-order valence-electron chi connectivity index (χ2n) is 3.17. The summed E-state index contributed by atoms with van der Waals surface area (Å²) in [4.78, 5) is 0. The van der Waals surface area contributed by atoms with Crippen LogP contribution in [0.1, 0.15) is 30.4 Å². The summed E-state index contributed by atoms with van der Waals surface area (Å²) in [6.07, 6.45) is -2.51. The van der Waals surface area contributed by atoms with E-state index in [1.54, 1.807) is 6.92 Å². The Kier molecular flexibility index (Phi) is 3.84. The number of aliphatic hydroxyl groups excluding tert-OH is 1. The highest BCUT2D eigenvalue weighted by Gasteiger charge is 2.12. The van der Waals surface area contributed by atoms with Crippen molar-refractivity contribution < 1.29 is 13.9 Å². The highest BCUT2D eigenvalue weighted by Crippen LogP contribution is 2.28. The summed E-state index contributed by atoms with van der Waals surface area (Å²) in [6.45, 7) is 1.73. The molecular weight excluding hydrogens is 210 g/mol. The van der Waals surface area contributed by atoms with Crippen molar-refractivity contribution in [2.24, 2.45) is 0 Å². The van der Waals surface area contributed by atoms with Gasteiger partial charge in [-0.05, 0) is 11.6 Å². The Morgan fingerprint density at radius 3 is 2.50 bits per heavy atom. The molecule has 1 aromatic rings. The van der Waals surface area contributed by atoms with Crippen LogP contribution in [0.15, 0.2) is 18.2 Å². The first-order chi connectivity index (χ1) is 6.56. The van der Waals surface area contributed by atoms with Crippen LogP contribution >= 0.6 is 11.6 Å². The summed E-state index contributed by atoms with van der Waals surface area (Å²) in [5, 5.41) is 9.17. The fourth-order valence-corrected chi connectivity index (χ4v) is 1.55. The van der Waals surface area contributed by atoms with Crippen LogP contribution in [0.4, 0.5) is 8.78 Å². The molecule has 0 aliphatic rings. The van der Waals surface area contributed by atoms with Crippen molar-refractivity contribution >= 4 is 11.6 Å². The molecule has 0 bridgehead atoms. The van der Waals surface area contributed by atoms with E-state index in [4.69, 9.17) is 16.7 Å². The summed E-state index contributed by atoms with van der Waals surface area (Å²) >= 11 is 5.80. The molecule has 4 heteroatoms. The zero-order chi connectivity index (χ0) is 10.7. The average molecular weight is 221 g/mol. The monoisotopic (exact) mass is 220 g/mol. The van der Waals surface area contributed by atoms with Crippen molar-refractivity contribution in [2.45, 2.75) is 19.3 Å². The van der Waals surface area contributed by atoms with Crippen molar-refractivity contribution in [1.82, 2.24) is 0 Å². The smallest absolute Gasteiger partial charge is 0.263 e. The van der Waals surface area contributed by atoms with Gasteiger partial charge in [0.25, 0.3) is 6.43 Å². The molecule has 1 rings (SSSR count). The largest absolute Gasteiger partial charge is 0.396 e. The van der Waals surface area contributed by atoms with E-state index in [1.165, 1.54) is 18.2 Å². The van der Waals surface area contributed by atoms with Crippen LogP contribution in [0.25, 0.3) is 0 Å². The SMILES string of the molecule is CC(CO)c1ccc(C(F)F)cc1Cl. The van der Waals surface area contributed by atoms with Crippen molar-refractivity contribution in [3.63, 3.8) is 0 Å². The number of halogens is 3. The average Bonchev–Trinajstić information content (AvgIpc) is 2.16. The van der Waals surface area contributed by atoms with Gasteiger partial charge in [-0.3, -0.25) is 0 Å². The van der Waals surface area contributed by atoms with Crippen LogP contribution in [-0.2, 0) is 0 Å². The molecule has 0 aromatic heterocycles. The molecule has 0 saturated heterocycles. The Morgan fingerprint density at radius 2 is 2.07 bits per heavy atom. The van der Waals surface area contributed by atoms with Crippen LogP contribution < -0.4 is 0 Å². The molecule has 0 spiro atoms. The van der Waals surface area contributed by atoms with E-state index in [9.17, 15) is 8.78 Å². The minimum Gasteiger partial charge on any atom is -0.396 e. The molecule has 0 aliphatic carbocycles. The van der Waals surface area contributed by atoms with E-state index in [0.717, 1.165) is 0 Å². The van der Waals surface area contributed by atoms with Gasteiger partial charge in [-0.25, -0.2) is 8.78 Å². The number of benzene rings is 1. The first-order valence-electron chi connectivity index (χ1n) is 4.24. The molecule has 0 radical (unpaired) electrons. The Balaban J connectivity index is 3.01. The molecule has 0 amide bonds. The lowest BCUT2D eigenvalue weighted by Gasteiger charge is -2.11. The zero-order valence-corrected chi connectivity index (χ0v) is 8.43. The first-order valence-corrected chi connectivity index (χ1v) is 4.62. The molecule has 1 N–H and O–H groups in total. The number of hydrogen-bond acceptors (Lipinski definition) is 1. The number of rotatable bonds is 3. The topological polar surface area (TPSA) is 20.2 Å². The summed E-state index contributed by atoms with van der Waals surface area (Å²) in [5.41, 5.74) is 0.599. The van der Waals surface area contributed by atoms with Crippen molar-refractivity contribution in [1.29, 1.82) is 0 Å². The predicted octanol–water partition coefficient (Wildman–Crippen LogP) is 3.37. The highest BCUT2D eigenvalue weighted by molar-refractivity contribution is 6.31. The van der Waals surface area contributed by atoms with E-state index in [2.05, 4.69) is 0 Å². The molecule has 1 aromatic carbocycles. The van der Waals surface area contributed by atoms with Gasteiger partial charge in [0, 0.05) is 23.1 Å². The lowest BCUT2D eigenvalue weighted by atomic mass is 10.0. The lowest BCUT2D eigenvalue weighted by molar-refractivity contribution is 0.151. The van der Waals surface area contributed by atoms with E-state index >= 15 is 0 Å². The maximum absolute atomic E-state index is 12.3. The van der Waals surface area contributed by atoms with Gasteiger partial charge in [0.05, 0.1) is 0 Å². The quantitative estimate of drug-likeness (QED) is 0.828. The van der Waals surface area contributed by atoms with Gasteiger partial charge < -0.3 is 5.11 Å². The molecule has 0 saturated carbocycles. The van der Waals surface area contributed by atoms with Crippen LogP contribution in [0.3, 0.4) is 0 Å². The second kappa shape index (κ2) is 4.71. The summed E-state index contributed by atoms with van der Waals surface area (Å²) in [6, 6.07) is 4.11. The van der Waals surface area contributed by atoms with Crippen molar-refractivity contribution in [2.75, 3.05) is 6.61 Å². The third kappa shape index (κ3) is 2.42. The maximum Gasteiger partial charge on any atom is 0.263 e. The molecule has 14 heavy (non-hydrogen) atoms.